The summed E-state index contributed by atoms with van der Waals surface area (Å²) < 4.78 is 0. The highest BCUT2D eigenvalue weighted by Crippen LogP contribution is 2.15. The first kappa shape index (κ1) is 14.3. The van der Waals surface area contributed by atoms with Gasteiger partial charge in [0.2, 0.25) is 0 Å². The molecule has 0 fully saturated rings. The van der Waals surface area contributed by atoms with Crippen LogP contribution in [0.25, 0.3) is 0 Å². The average Bonchev–Trinajstić information content (AvgIpc) is 2.88. The van der Waals surface area contributed by atoms with Crippen molar-refractivity contribution in [2.75, 3.05) is 5.32 Å². The predicted molar refractivity (Wildman–Crippen MR) is 73.2 cm³/mol. The molecule has 0 radical (unpaired) electrons. The van der Waals surface area contributed by atoms with Crippen LogP contribution in [-0.4, -0.2) is 26.9 Å². The number of benzene rings is 1. The number of carboxylic acids is 1. The molecule has 0 saturated heterocycles. The van der Waals surface area contributed by atoms with Crippen molar-refractivity contribution >= 4 is 23.3 Å². The Morgan fingerprint density at radius 3 is 2.71 bits per heavy atom. The molecular formula is C13H11N3O5. The van der Waals surface area contributed by atoms with Gasteiger partial charge >= 0.3 is 5.97 Å². The second-order valence-corrected chi connectivity index (χ2v) is 4.25. The molecule has 1 heterocycles. The maximum atomic E-state index is 11.9. The summed E-state index contributed by atoms with van der Waals surface area (Å²) in [5, 5.41) is 21.8. The molecule has 0 aliphatic rings. The molecule has 1 aromatic carbocycles. The first-order valence-electron chi connectivity index (χ1n) is 5.90. The Morgan fingerprint density at radius 1 is 1.33 bits per heavy atom. The average molecular weight is 289 g/mol. The van der Waals surface area contributed by atoms with Gasteiger partial charge in [0.15, 0.2) is 0 Å². The molecule has 21 heavy (non-hydrogen) atoms. The van der Waals surface area contributed by atoms with E-state index in [1.165, 1.54) is 6.07 Å². The van der Waals surface area contributed by atoms with E-state index in [2.05, 4.69) is 10.3 Å². The van der Waals surface area contributed by atoms with Crippen LogP contribution < -0.4 is 5.32 Å². The maximum absolute atomic E-state index is 11.9. The van der Waals surface area contributed by atoms with Crippen LogP contribution >= 0.6 is 0 Å². The van der Waals surface area contributed by atoms with E-state index in [0.717, 1.165) is 12.3 Å². The summed E-state index contributed by atoms with van der Waals surface area (Å²) in [6, 6.07) is 7.49. The van der Waals surface area contributed by atoms with E-state index < -0.39 is 16.8 Å². The lowest BCUT2D eigenvalue weighted by atomic mass is 10.1. The number of carbonyl (C=O) groups excluding carboxylic acids is 1. The normalized spacial score (nSPS) is 10.1. The topological polar surface area (TPSA) is 125 Å². The Hall–Kier alpha value is -3.16. The summed E-state index contributed by atoms with van der Waals surface area (Å²) in [6.07, 6.45) is 0.966. The largest absolute Gasteiger partial charge is 0.481 e. The number of carbonyl (C=O) groups is 2. The fraction of sp³-hybridized carbons (Fsp3) is 0.0769. The maximum Gasteiger partial charge on any atom is 0.307 e. The summed E-state index contributed by atoms with van der Waals surface area (Å²) in [6.45, 7) is 0. The Bertz CT molecular complexity index is 707. The highest BCUT2D eigenvalue weighted by molar-refractivity contribution is 6.03. The number of aromatic amines is 1. The molecule has 2 rings (SSSR count). The number of hydrogen-bond donors (Lipinski definition) is 3. The van der Waals surface area contributed by atoms with Gasteiger partial charge in [-0.3, -0.25) is 19.7 Å². The summed E-state index contributed by atoms with van der Waals surface area (Å²) >= 11 is 0. The van der Waals surface area contributed by atoms with Crippen molar-refractivity contribution < 1.29 is 19.6 Å². The van der Waals surface area contributed by atoms with Gasteiger partial charge in [0.05, 0.1) is 17.5 Å². The number of aromatic nitrogens is 1. The third kappa shape index (κ3) is 3.66. The number of nitrogens with zero attached hydrogens (tertiary/aromatic N) is 1. The number of rotatable bonds is 5. The molecule has 8 nitrogen and oxygen atoms in total. The Morgan fingerprint density at radius 2 is 2.10 bits per heavy atom. The fourth-order valence-corrected chi connectivity index (χ4v) is 1.75. The summed E-state index contributed by atoms with van der Waals surface area (Å²) in [5.41, 5.74) is 0.791. The molecule has 8 heteroatoms. The van der Waals surface area contributed by atoms with E-state index in [1.54, 1.807) is 18.2 Å². The SMILES string of the molecule is O=C(O)Cc1cccc(NC(=O)c2cc([N+](=O)[O-])c[nH]2)c1. The molecule has 1 amide bonds. The Kier molecular flexibility index (Phi) is 3.98. The van der Waals surface area contributed by atoms with Gasteiger partial charge in [0.1, 0.15) is 5.69 Å². The van der Waals surface area contributed by atoms with Crippen molar-refractivity contribution in [3.8, 4) is 0 Å². The van der Waals surface area contributed by atoms with Crippen LogP contribution in [0.3, 0.4) is 0 Å². The number of amides is 1. The van der Waals surface area contributed by atoms with E-state index in [0.29, 0.717) is 11.3 Å². The number of nitro groups is 1. The summed E-state index contributed by atoms with van der Waals surface area (Å²) in [5.74, 6) is -1.52. The lowest BCUT2D eigenvalue weighted by Crippen LogP contribution is -2.12. The van der Waals surface area contributed by atoms with Crippen molar-refractivity contribution in [2.24, 2.45) is 0 Å². The van der Waals surface area contributed by atoms with Crippen molar-refractivity contribution in [1.29, 1.82) is 0 Å². The number of carboxylic acid groups (broad SMARTS) is 1. The lowest BCUT2D eigenvalue weighted by Gasteiger charge is -2.05. The predicted octanol–water partition coefficient (Wildman–Crippen LogP) is 1.80. The first-order chi connectivity index (χ1) is 9.95. The molecule has 0 atom stereocenters. The zero-order valence-electron chi connectivity index (χ0n) is 10.7. The molecule has 1 aromatic heterocycles. The number of H-pyrrole nitrogens is 1. The van der Waals surface area contributed by atoms with Gasteiger partial charge in [-0.1, -0.05) is 12.1 Å². The highest BCUT2D eigenvalue weighted by atomic mass is 16.6. The zero-order valence-corrected chi connectivity index (χ0v) is 10.7. The number of aliphatic carboxylic acids is 1. The van der Waals surface area contributed by atoms with E-state index in [4.69, 9.17) is 5.11 Å². The van der Waals surface area contributed by atoms with Gasteiger partial charge in [-0.05, 0) is 17.7 Å². The molecule has 3 N–H and O–H groups in total. The van der Waals surface area contributed by atoms with Crippen molar-refractivity contribution in [3.63, 3.8) is 0 Å². The van der Waals surface area contributed by atoms with Crippen LogP contribution in [0.4, 0.5) is 11.4 Å². The molecule has 2 aromatic rings. The minimum absolute atomic E-state index is 0.0466. The molecule has 0 aliphatic carbocycles. The van der Waals surface area contributed by atoms with Gasteiger partial charge in [-0.2, -0.15) is 0 Å². The van der Waals surface area contributed by atoms with E-state index in [9.17, 15) is 19.7 Å². The van der Waals surface area contributed by atoms with Crippen molar-refractivity contribution in [1.82, 2.24) is 4.98 Å². The fourth-order valence-electron chi connectivity index (χ4n) is 1.75. The molecule has 0 saturated carbocycles. The Labute approximate surface area is 118 Å². The van der Waals surface area contributed by atoms with Crippen LogP contribution in [0.5, 0.6) is 0 Å². The summed E-state index contributed by atoms with van der Waals surface area (Å²) in [4.78, 5) is 35.0. The van der Waals surface area contributed by atoms with Crippen LogP contribution in [0.2, 0.25) is 0 Å². The zero-order chi connectivity index (χ0) is 15.4. The Balaban J connectivity index is 2.11. The van der Waals surface area contributed by atoms with Gasteiger partial charge < -0.3 is 15.4 Å². The van der Waals surface area contributed by atoms with Crippen molar-refractivity contribution in [2.45, 2.75) is 6.42 Å². The monoisotopic (exact) mass is 289 g/mol. The lowest BCUT2D eigenvalue weighted by molar-refractivity contribution is -0.384. The third-order valence-electron chi connectivity index (χ3n) is 2.66. The van der Waals surface area contributed by atoms with E-state index in [1.807, 2.05) is 0 Å². The smallest absolute Gasteiger partial charge is 0.307 e. The number of nitrogens with one attached hydrogen (secondary N) is 2. The molecule has 0 bridgehead atoms. The van der Waals surface area contributed by atoms with Gasteiger partial charge in [0, 0.05) is 11.8 Å². The number of anilines is 1. The van der Waals surface area contributed by atoms with E-state index >= 15 is 0 Å². The van der Waals surface area contributed by atoms with Gasteiger partial charge in [0.25, 0.3) is 11.6 Å². The van der Waals surface area contributed by atoms with Crippen molar-refractivity contribution in [3.05, 3.63) is 57.9 Å². The third-order valence-corrected chi connectivity index (χ3v) is 2.66. The van der Waals surface area contributed by atoms with Crippen LogP contribution in [0.15, 0.2) is 36.5 Å². The van der Waals surface area contributed by atoms with Crippen LogP contribution in [-0.2, 0) is 11.2 Å². The molecule has 108 valence electrons. The minimum atomic E-state index is -0.974. The minimum Gasteiger partial charge on any atom is -0.481 e. The molecular weight excluding hydrogens is 278 g/mol. The molecule has 0 unspecified atom stereocenters. The van der Waals surface area contributed by atoms with Crippen LogP contribution in [0.1, 0.15) is 16.1 Å². The highest BCUT2D eigenvalue weighted by Gasteiger charge is 2.14. The van der Waals surface area contributed by atoms with Gasteiger partial charge in [-0.25, -0.2) is 0 Å². The molecule has 0 spiro atoms. The van der Waals surface area contributed by atoms with E-state index in [-0.39, 0.29) is 17.8 Å². The number of hydrogen-bond acceptors (Lipinski definition) is 4. The van der Waals surface area contributed by atoms with Gasteiger partial charge in [-0.15, -0.1) is 0 Å². The standard InChI is InChI=1S/C13H11N3O5/c17-12(18)5-8-2-1-3-9(4-8)15-13(19)11-6-10(7-14-11)16(20)21/h1-4,6-7,14H,5H2,(H,15,19)(H,17,18). The second kappa shape index (κ2) is 5.87. The summed E-state index contributed by atoms with van der Waals surface area (Å²) in [7, 11) is 0. The first-order valence-corrected chi connectivity index (χ1v) is 5.90. The van der Waals surface area contributed by atoms with Crippen LogP contribution in [0, 0.1) is 10.1 Å². The second-order valence-electron chi connectivity index (χ2n) is 4.25. The quantitative estimate of drug-likeness (QED) is 0.571. The molecule has 0 aliphatic heterocycles.